The van der Waals surface area contributed by atoms with Gasteiger partial charge in [0.15, 0.2) is 5.96 Å². The van der Waals surface area contributed by atoms with E-state index in [1.807, 2.05) is 18.4 Å². The third-order valence-corrected chi connectivity index (χ3v) is 5.01. The molecule has 24 heavy (non-hydrogen) atoms. The maximum Gasteiger partial charge on any atom is 0.190 e. The SMILES string of the molecule is CN=C(NCCCOCC1CCOC1)NCC(C)Cc1cccs1. The first-order valence-corrected chi connectivity index (χ1v) is 9.78. The second-order valence-electron chi connectivity index (χ2n) is 6.43. The quantitative estimate of drug-likeness (QED) is 0.386. The predicted octanol–water partition coefficient (Wildman–Crippen LogP) is 2.53. The highest BCUT2D eigenvalue weighted by Crippen LogP contribution is 2.14. The Morgan fingerprint density at radius 1 is 1.50 bits per heavy atom. The van der Waals surface area contributed by atoms with E-state index < -0.39 is 0 Å². The summed E-state index contributed by atoms with van der Waals surface area (Å²) >= 11 is 1.83. The Balaban J connectivity index is 1.49. The smallest absolute Gasteiger partial charge is 0.190 e. The van der Waals surface area contributed by atoms with Gasteiger partial charge in [-0.3, -0.25) is 4.99 Å². The van der Waals surface area contributed by atoms with E-state index in [2.05, 4.69) is 40.1 Å². The zero-order chi connectivity index (χ0) is 17.0. The van der Waals surface area contributed by atoms with E-state index in [1.54, 1.807) is 0 Å². The minimum Gasteiger partial charge on any atom is -0.381 e. The van der Waals surface area contributed by atoms with Crippen LogP contribution in [0, 0.1) is 11.8 Å². The Labute approximate surface area is 149 Å². The van der Waals surface area contributed by atoms with Gasteiger partial charge in [-0.15, -0.1) is 11.3 Å². The Kier molecular flexibility index (Phi) is 9.16. The topological polar surface area (TPSA) is 54.9 Å². The zero-order valence-electron chi connectivity index (χ0n) is 14.9. The lowest BCUT2D eigenvalue weighted by Gasteiger charge is -2.16. The van der Waals surface area contributed by atoms with E-state index in [0.29, 0.717) is 11.8 Å². The molecule has 6 heteroatoms. The van der Waals surface area contributed by atoms with Crippen molar-refractivity contribution >= 4 is 17.3 Å². The number of aliphatic imine (C=N–C) groups is 1. The van der Waals surface area contributed by atoms with Gasteiger partial charge in [-0.1, -0.05) is 13.0 Å². The molecule has 2 N–H and O–H groups in total. The largest absolute Gasteiger partial charge is 0.381 e. The van der Waals surface area contributed by atoms with E-state index in [-0.39, 0.29) is 0 Å². The summed E-state index contributed by atoms with van der Waals surface area (Å²) in [7, 11) is 1.82. The highest BCUT2D eigenvalue weighted by Gasteiger charge is 2.15. The van der Waals surface area contributed by atoms with Crippen molar-refractivity contribution in [2.24, 2.45) is 16.8 Å². The molecule has 2 atom stereocenters. The van der Waals surface area contributed by atoms with Crippen LogP contribution in [0.2, 0.25) is 0 Å². The number of guanidine groups is 1. The van der Waals surface area contributed by atoms with Crippen LogP contribution in [0.25, 0.3) is 0 Å². The van der Waals surface area contributed by atoms with Gasteiger partial charge in [-0.2, -0.15) is 0 Å². The molecule has 1 aliphatic rings. The first-order chi connectivity index (χ1) is 11.8. The summed E-state index contributed by atoms with van der Waals surface area (Å²) < 4.78 is 11.1. The Hall–Kier alpha value is -1.11. The lowest BCUT2D eigenvalue weighted by atomic mass is 10.1. The van der Waals surface area contributed by atoms with Crippen LogP contribution < -0.4 is 10.6 Å². The van der Waals surface area contributed by atoms with Crippen LogP contribution in [0.1, 0.15) is 24.6 Å². The van der Waals surface area contributed by atoms with Gasteiger partial charge >= 0.3 is 0 Å². The summed E-state index contributed by atoms with van der Waals surface area (Å²) in [6, 6.07) is 4.31. The number of thiophene rings is 1. The number of nitrogens with zero attached hydrogens (tertiary/aromatic N) is 1. The molecule has 0 amide bonds. The van der Waals surface area contributed by atoms with E-state index in [0.717, 1.165) is 64.7 Å². The summed E-state index contributed by atoms with van der Waals surface area (Å²) in [6.45, 7) is 7.43. The van der Waals surface area contributed by atoms with Crippen LogP contribution in [0.15, 0.2) is 22.5 Å². The molecule has 136 valence electrons. The molecule has 0 aliphatic carbocycles. The average Bonchev–Trinajstić information content (AvgIpc) is 3.27. The summed E-state index contributed by atoms with van der Waals surface area (Å²) in [5.74, 6) is 2.05. The molecule has 1 aromatic heterocycles. The van der Waals surface area contributed by atoms with E-state index in [4.69, 9.17) is 9.47 Å². The Morgan fingerprint density at radius 3 is 3.12 bits per heavy atom. The number of ether oxygens (including phenoxy) is 2. The van der Waals surface area contributed by atoms with Crippen LogP contribution in [0.4, 0.5) is 0 Å². The van der Waals surface area contributed by atoms with E-state index >= 15 is 0 Å². The molecule has 1 fully saturated rings. The first-order valence-electron chi connectivity index (χ1n) is 8.90. The van der Waals surface area contributed by atoms with Gasteiger partial charge in [-0.05, 0) is 36.6 Å². The Bertz CT molecular complexity index is 459. The summed E-state index contributed by atoms with van der Waals surface area (Å²) in [4.78, 5) is 5.72. The fraction of sp³-hybridized carbons (Fsp3) is 0.722. The van der Waals surface area contributed by atoms with Crippen molar-refractivity contribution in [1.29, 1.82) is 0 Å². The molecule has 1 aromatic rings. The number of hydrogen-bond donors (Lipinski definition) is 2. The van der Waals surface area contributed by atoms with Crippen LogP contribution in [0.5, 0.6) is 0 Å². The monoisotopic (exact) mass is 353 g/mol. The molecular weight excluding hydrogens is 322 g/mol. The summed E-state index contributed by atoms with van der Waals surface area (Å²) in [5.41, 5.74) is 0. The van der Waals surface area contributed by atoms with Crippen molar-refractivity contribution < 1.29 is 9.47 Å². The minimum atomic E-state index is 0.583. The van der Waals surface area contributed by atoms with Crippen molar-refractivity contribution in [2.75, 3.05) is 46.6 Å². The van der Waals surface area contributed by atoms with Crippen LogP contribution >= 0.6 is 11.3 Å². The van der Waals surface area contributed by atoms with Crippen molar-refractivity contribution in [3.8, 4) is 0 Å². The van der Waals surface area contributed by atoms with Crippen molar-refractivity contribution in [1.82, 2.24) is 10.6 Å². The highest BCUT2D eigenvalue weighted by atomic mass is 32.1. The fourth-order valence-electron chi connectivity index (χ4n) is 2.68. The average molecular weight is 354 g/mol. The van der Waals surface area contributed by atoms with Crippen LogP contribution in [-0.2, 0) is 15.9 Å². The number of rotatable bonds is 10. The highest BCUT2D eigenvalue weighted by molar-refractivity contribution is 7.09. The van der Waals surface area contributed by atoms with Gasteiger partial charge in [0.25, 0.3) is 0 Å². The normalized spacial score (nSPS) is 19.4. The molecule has 1 aliphatic heterocycles. The van der Waals surface area contributed by atoms with Gasteiger partial charge in [0, 0.05) is 44.1 Å². The van der Waals surface area contributed by atoms with Gasteiger partial charge in [0.05, 0.1) is 13.2 Å². The lowest BCUT2D eigenvalue weighted by molar-refractivity contribution is 0.0888. The first kappa shape index (κ1) is 19.2. The predicted molar refractivity (Wildman–Crippen MR) is 101 cm³/mol. The van der Waals surface area contributed by atoms with Crippen molar-refractivity contribution in [3.63, 3.8) is 0 Å². The fourth-order valence-corrected chi connectivity index (χ4v) is 3.55. The second-order valence-corrected chi connectivity index (χ2v) is 7.46. The van der Waals surface area contributed by atoms with Crippen molar-refractivity contribution in [3.05, 3.63) is 22.4 Å². The van der Waals surface area contributed by atoms with Gasteiger partial charge in [0.1, 0.15) is 0 Å². The third-order valence-electron chi connectivity index (χ3n) is 4.11. The molecule has 5 nitrogen and oxygen atoms in total. The van der Waals surface area contributed by atoms with E-state index in [1.165, 1.54) is 4.88 Å². The molecule has 0 radical (unpaired) electrons. The molecule has 2 unspecified atom stereocenters. The van der Waals surface area contributed by atoms with Gasteiger partial charge in [-0.25, -0.2) is 0 Å². The molecule has 2 heterocycles. The zero-order valence-corrected chi connectivity index (χ0v) is 15.7. The number of hydrogen-bond acceptors (Lipinski definition) is 4. The van der Waals surface area contributed by atoms with Gasteiger partial charge < -0.3 is 20.1 Å². The van der Waals surface area contributed by atoms with Gasteiger partial charge in [0.2, 0.25) is 0 Å². The maximum atomic E-state index is 5.71. The molecule has 0 bridgehead atoms. The minimum absolute atomic E-state index is 0.583. The maximum absolute atomic E-state index is 5.71. The van der Waals surface area contributed by atoms with E-state index in [9.17, 15) is 0 Å². The molecule has 0 saturated carbocycles. The van der Waals surface area contributed by atoms with Crippen molar-refractivity contribution in [2.45, 2.75) is 26.2 Å². The number of nitrogens with one attached hydrogen (secondary N) is 2. The standard InChI is InChI=1S/C18H31N3O2S/c1-15(11-17-5-3-10-24-17)12-21-18(19-2)20-7-4-8-22-13-16-6-9-23-14-16/h3,5,10,15-16H,4,6-9,11-14H2,1-2H3,(H2,19,20,21). The Morgan fingerprint density at radius 2 is 2.42 bits per heavy atom. The summed E-state index contributed by atoms with van der Waals surface area (Å²) in [5, 5.41) is 8.89. The summed E-state index contributed by atoms with van der Waals surface area (Å²) in [6.07, 6.45) is 3.23. The molecule has 2 rings (SSSR count). The molecule has 1 saturated heterocycles. The van der Waals surface area contributed by atoms with Crippen LogP contribution in [0.3, 0.4) is 0 Å². The van der Waals surface area contributed by atoms with Crippen LogP contribution in [-0.4, -0.2) is 52.5 Å². The third kappa shape index (κ3) is 7.64. The molecule has 0 spiro atoms. The lowest BCUT2D eigenvalue weighted by Crippen LogP contribution is -2.40. The molecule has 0 aromatic carbocycles. The second kappa shape index (κ2) is 11.4. The molecular formula is C18H31N3O2S.